The van der Waals surface area contributed by atoms with Crippen molar-refractivity contribution >= 4 is 5.91 Å². The number of carbonyl (C=O) groups is 1. The molecule has 1 aromatic heterocycles. The molecule has 28 heavy (non-hydrogen) atoms. The Hall–Kier alpha value is -2.47. The SMILES string of the molecule is Cc1nc(C2CCN(C(=O)c3cccc(CCC(C)(C)O)c3)CC2)cc(=O)[nH]1. The van der Waals surface area contributed by atoms with Gasteiger partial charge in [-0.2, -0.15) is 0 Å². The van der Waals surface area contributed by atoms with Crippen molar-refractivity contribution in [2.45, 2.75) is 58.0 Å². The Kier molecular flexibility index (Phi) is 5.98. The molecule has 150 valence electrons. The number of hydrogen-bond acceptors (Lipinski definition) is 4. The van der Waals surface area contributed by atoms with Crippen molar-refractivity contribution in [2.75, 3.05) is 13.1 Å². The second-order valence-corrected chi connectivity index (χ2v) is 8.33. The minimum Gasteiger partial charge on any atom is -0.390 e. The molecule has 0 saturated carbocycles. The molecule has 1 aliphatic heterocycles. The Balaban J connectivity index is 1.63. The van der Waals surface area contributed by atoms with Crippen LogP contribution < -0.4 is 5.56 Å². The summed E-state index contributed by atoms with van der Waals surface area (Å²) in [5.74, 6) is 0.880. The lowest BCUT2D eigenvalue weighted by Gasteiger charge is -2.32. The molecule has 2 aromatic rings. The van der Waals surface area contributed by atoms with Crippen LogP contribution >= 0.6 is 0 Å². The van der Waals surface area contributed by atoms with E-state index in [-0.39, 0.29) is 17.4 Å². The number of hydrogen-bond donors (Lipinski definition) is 2. The highest BCUT2D eigenvalue weighted by atomic mass is 16.3. The molecule has 6 nitrogen and oxygen atoms in total. The van der Waals surface area contributed by atoms with Gasteiger partial charge in [-0.15, -0.1) is 0 Å². The Labute approximate surface area is 165 Å². The number of rotatable bonds is 5. The van der Waals surface area contributed by atoms with Crippen LogP contribution in [0.1, 0.15) is 66.5 Å². The van der Waals surface area contributed by atoms with Crippen molar-refractivity contribution in [1.29, 1.82) is 0 Å². The van der Waals surface area contributed by atoms with E-state index in [1.54, 1.807) is 26.8 Å². The number of benzene rings is 1. The number of nitrogens with zero attached hydrogens (tertiary/aromatic N) is 2. The topological polar surface area (TPSA) is 86.3 Å². The molecule has 1 aromatic carbocycles. The quantitative estimate of drug-likeness (QED) is 0.831. The summed E-state index contributed by atoms with van der Waals surface area (Å²) < 4.78 is 0. The fourth-order valence-electron chi connectivity index (χ4n) is 3.68. The van der Waals surface area contributed by atoms with Crippen molar-refractivity contribution < 1.29 is 9.90 Å². The molecule has 1 saturated heterocycles. The summed E-state index contributed by atoms with van der Waals surface area (Å²) in [5.41, 5.74) is 1.74. The van der Waals surface area contributed by atoms with Crippen molar-refractivity contribution in [3.8, 4) is 0 Å². The van der Waals surface area contributed by atoms with Gasteiger partial charge in [0, 0.05) is 30.6 Å². The van der Waals surface area contributed by atoms with Gasteiger partial charge in [0.15, 0.2) is 0 Å². The number of likely N-dealkylation sites (tertiary alicyclic amines) is 1. The van der Waals surface area contributed by atoms with Crippen molar-refractivity contribution in [1.82, 2.24) is 14.9 Å². The number of aliphatic hydroxyl groups is 1. The summed E-state index contributed by atoms with van der Waals surface area (Å²) in [6.45, 7) is 6.69. The molecule has 1 amide bonds. The second-order valence-electron chi connectivity index (χ2n) is 8.33. The second kappa shape index (κ2) is 8.27. The number of aryl methyl sites for hydroxylation is 2. The van der Waals surface area contributed by atoms with Gasteiger partial charge in [-0.25, -0.2) is 4.98 Å². The normalized spacial score (nSPS) is 15.6. The zero-order chi connectivity index (χ0) is 20.3. The Morgan fingerprint density at radius 2 is 2.00 bits per heavy atom. The lowest BCUT2D eigenvalue weighted by atomic mass is 9.92. The zero-order valence-electron chi connectivity index (χ0n) is 16.9. The molecule has 2 heterocycles. The van der Waals surface area contributed by atoms with Crippen molar-refractivity contribution in [2.24, 2.45) is 0 Å². The minimum absolute atomic E-state index is 0.0404. The first kappa shape index (κ1) is 20.3. The van der Waals surface area contributed by atoms with Crippen LogP contribution in [-0.2, 0) is 6.42 Å². The van der Waals surface area contributed by atoms with Gasteiger partial charge in [0.25, 0.3) is 11.5 Å². The third-order valence-corrected chi connectivity index (χ3v) is 5.28. The minimum atomic E-state index is -0.715. The molecule has 0 bridgehead atoms. The lowest BCUT2D eigenvalue weighted by molar-refractivity contribution is 0.0711. The predicted octanol–water partition coefficient (Wildman–Crippen LogP) is 2.80. The van der Waals surface area contributed by atoms with Crippen LogP contribution in [0.4, 0.5) is 0 Å². The molecule has 1 fully saturated rings. The van der Waals surface area contributed by atoms with Gasteiger partial charge in [-0.3, -0.25) is 9.59 Å². The third-order valence-electron chi connectivity index (χ3n) is 5.28. The maximum atomic E-state index is 12.9. The summed E-state index contributed by atoms with van der Waals surface area (Å²) in [6, 6.07) is 9.26. The molecular formula is C22H29N3O3. The molecule has 0 atom stereocenters. The smallest absolute Gasteiger partial charge is 0.253 e. The first-order valence-corrected chi connectivity index (χ1v) is 9.90. The maximum absolute atomic E-state index is 12.9. The summed E-state index contributed by atoms with van der Waals surface area (Å²) >= 11 is 0. The van der Waals surface area contributed by atoms with Gasteiger partial charge in [0.2, 0.25) is 0 Å². The van der Waals surface area contributed by atoms with Crippen molar-refractivity contribution in [3.63, 3.8) is 0 Å². The molecular weight excluding hydrogens is 354 g/mol. The molecule has 1 aliphatic rings. The molecule has 0 unspecified atom stereocenters. The van der Waals surface area contributed by atoms with E-state index in [1.807, 2.05) is 29.2 Å². The van der Waals surface area contributed by atoms with E-state index in [0.717, 1.165) is 30.5 Å². The lowest BCUT2D eigenvalue weighted by Crippen LogP contribution is -2.38. The van der Waals surface area contributed by atoms with E-state index < -0.39 is 5.60 Å². The fraction of sp³-hybridized carbons (Fsp3) is 0.500. The molecule has 0 spiro atoms. The van der Waals surface area contributed by atoms with Crippen LogP contribution in [-0.4, -0.2) is 44.6 Å². The predicted molar refractivity (Wildman–Crippen MR) is 109 cm³/mol. The molecule has 6 heteroatoms. The van der Waals surface area contributed by atoms with Crippen LogP contribution in [0.25, 0.3) is 0 Å². The van der Waals surface area contributed by atoms with Gasteiger partial charge in [-0.05, 0) is 64.2 Å². The molecule has 0 radical (unpaired) electrons. The Morgan fingerprint density at radius 3 is 2.64 bits per heavy atom. The van der Waals surface area contributed by atoms with Crippen LogP contribution in [0.3, 0.4) is 0 Å². The number of nitrogens with one attached hydrogen (secondary N) is 1. The van der Waals surface area contributed by atoms with Crippen LogP contribution in [0, 0.1) is 6.92 Å². The van der Waals surface area contributed by atoms with E-state index >= 15 is 0 Å². The number of aromatic nitrogens is 2. The molecule has 0 aliphatic carbocycles. The first-order valence-electron chi connectivity index (χ1n) is 9.90. The van der Waals surface area contributed by atoms with E-state index in [1.165, 1.54) is 0 Å². The summed E-state index contributed by atoms with van der Waals surface area (Å²) in [7, 11) is 0. The number of aromatic amines is 1. The van der Waals surface area contributed by atoms with E-state index in [4.69, 9.17) is 0 Å². The number of carbonyl (C=O) groups excluding carboxylic acids is 1. The van der Waals surface area contributed by atoms with Gasteiger partial charge in [0.05, 0.1) is 11.3 Å². The van der Waals surface area contributed by atoms with Gasteiger partial charge in [-0.1, -0.05) is 12.1 Å². The Morgan fingerprint density at radius 1 is 1.29 bits per heavy atom. The van der Waals surface area contributed by atoms with Gasteiger partial charge in [0.1, 0.15) is 5.82 Å². The molecule has 2 N–H and O–H groups in total. The van der Waals surface area contributed by atoms with E-state index in [2.05, 4.69) is 9.97 Å². The van der Waals surface area contributed by atoms with Crippen LogP contribution in [0.15, 0.2) is 35.1 Å². The number of H-pyrrole nitrogens is 1. The van der Waals surface area contributed by atoms with Gasteiger partial charge >= 0.3 is 0 Å². The monoisotopic (exact) mass is 383 g/mol. The van der Waals surface area contributed by atoms with E-state index in [0.29, 0.717) is 30.9 Å². The largest absolute Gasteiger partial charge is 0.390 e. The summed E-state index contributed by atoms with van der Waals surface area (Å²) in [5, 5.41) is 9.91. The van der Waals surface area contributed by atoms with Crippen molar-refractivity contribution in [3.05, 3.63) is 63.3 Å². The maximum Gasteiger partial charge on any atom is 0.253 e. The van der Waals surface area contributed by atoms with Crippen LogP contribution in [0.5, 0.6) is 0 Å². The summed E-state index contributed by atoms with van der Waals surface area (Å²) in [4.78, 5) is 33.6. The zero-order valence-corrected chi connectivity index (χ0v) is 16.9. The Bertz CT molecular complexity index is 890. The highest BCUT2D eigenvalue weighted by Gasteiger charge is 2.26. The highest BCUT2D eigenvalue weighted by Crippen LogP contribution is 2.27. The summed E-state index contributed by atoms with van der Waals surface area (Å²) in [6.07, 6.45) is 3.00. The van der Waals surface area contributed by atoms with E-state index in [9.17, 15) is 14.7 Å². The first-order chi connectivity index (χ1) is 13.2. The van der Waals surface area contributed by atoms with Gasteiger partial charge < -0.3 is 15.0 Å². The van der Waals surface area contributed by atoms with Crippen LogP contribution in [0.2, 0.25) is 0 Å². The molecule has 3 rings (SSSR count). The average Bonchev–Trinajstić information content (AvgIpc) is 2.65. The average molecular weight is 383 g/mol. The third kappa shape index (κ3) is 5.29. The fourth-order valence-corrected chi connectivity index (χ4v) is 3.68. The highest BCUT2D eigenvalue weighted by molar-refractivity contribution is 5.94. The standard InChI is InChI=1S/C22H29N3O3/c1-15-23-19(14-20(26)24-15)17-8-11-25(12-9-17)21(27)18-6-4-5-16(13-18)7-10-22(2,3)28/h4-6,13-14,17,28H,7-12H2,1-3H3,(H,23,24,26). The number of piperidine rings is 1. The number of amides is 1.